The van der Waals surface area contributed by atoms with E-state index >= 15 is 0 Å². The molecule has 0 amide bonds. The molecular weight excluding hydrogens is 598 g/mol. The largest absolute Gasteiger partial charge is 0.466 e. The summed E-state index contributed by atoms with van der Waals surface area (Å²) in [6, 6.07) is 4.39. The zero-order valence-corrected chi connectivity index (χ0v) is 25.9. The number of halogens is 4. The van der Waals surface area contributed by atoms with Gasteiger partial charge in [-0.15, -0.1) is 0 Å². The number of piperidine rings is 1. The highest BCUT2D eigenvalue weighted by molar-refractivity contribution is 7.20. The van der Waals surface area contributed by atoms with Crippen LogP contribution in [-0.2, 0) is 15.7 Å². The maximum absolute atomic E-state index is 14.4. The molecule has 44 heavy (non-hydrogen) atoms. The standard InChI is InChI=1S/C30H37F4N7O2S/c1-4-43-26(42)7-8-39-11-13-40(14-12-39)25-18-24(35-20(3)36-25)37-29-38-27(28(44-29)41-9-5-19(2)6-10-41)21-15-22(30(32,33)34)17-23(31)16-21/h15-19H,4-14H2,1-3H3,(H,35,36,37,38). The fraction of sp³-hybridized carbons (Fsp3) is 0.533. The van der Waals surface area contributed by atoms with Crippen LogP contribution in [0.5, 0.6) is 0 Å². The molecule has 238 valence electrons. The number of benzene rings is 1. The van der Waals surface area contributed by atoms with E-state index in [4.69, 9.17) is 4.74 Å². The molecule has 0 radical (unpaired) electrons. The van der Waals surface area contributed by atoms with Gasteiger partial charge in [-0.1, -0.05) is 18.3 Å². The summed E-state index contributed by atoms with van der Waals surface area (Å²) in [6.07, 6.45) is -2.44. The minimum atomic E-state index is -4.68. The lowest BCUT2D eigenvalue weighted by atomic mass is 9.99. The van der Waals surface area contributed by atoms with Crippen molar-refractivity contribution in [1.29, 1.82) is 0 Å². The van der Waals surface area contributed by atoms with Crippen LogP contribution >= 0.6 is 11.3 Å². The number of aryl methyl sites for hydroxylation is 1. The number of nitrogens with zero attached hydrogens (tertiary/aromatic N) is 6. The Morgan fingerprint density at radius 3 is 2.43 bits per heavy atom. The maximum Gasteiger partial charge on any atom is 0.416 e. The number of hydrogen-bond acceptors (Lipinski definition) is 10. The molecule has 2 fully saturated rings. The lowest BCUT2D eigenvalue weighted by Gasteiger charge is -2.35. The lowest BCUT2D eigenvalue weighted by molar-refractivity contribution is -0.143. The molecule has 2 aliphatic heterocycles. The van der Waals surface area contributed by atoms with Gasteiger partial charge in [0.05, 0.1) is 18.6 Å². The molecule has 0 unspecified atom stereocenters. The zero-order valence-electron chi connectivity index (χ0n) is 25.1. The van der Waals surface area contributed by atoms with Crippen molar-refractivity contribution in [2.45, 2.75) is 46.2 Å². The second kappa shape index (κ2) is 13.6. The molecule has 0 bridgehead atoms. The number of carbonyl (C=O) groups excluding carboxylic acids is 1. The van der Waals surface area contributed by atoms with Gasteiger partial charge in [0.1, 0.15) is 34.0 Å². The van der Waals surface area contributed by atoms with Gasteiger partial charge in [-0.25, -0.2) is 19.3 Å². The highest BCUT2D eigenvalue weighted by Crippen LogP contribution is 2.43. The van der Waals surface area contributed by atoms with Gasteiger partial charge in [-0.3, -0.25) is 9.69 Å². The number of aromatic nitrogens is 3. The van der Waals surface area contributed by atoms with E-state index in [-0.39, 0.29) is 11.5 Å². The SMILES string of the molecule is CCOC(=O)CCN1CCN(c2cc(Nc3nc(-c4cc(F)cc(C(F)(F)F)c4)c(N4CCC(C)CC4)s3)nc(C)n2)CC1. The number of ether oxygens (including phenoxy) is 1. The predicted octanol–water partition coefficient (Wildman–Crippen LogP) is 6.12. The van der Waals surface area contributed by atoms with Gasteiger partial charge < -0.3 is 19.9 Å². The Hall–Kier alpha value is -3.52. The quantitative estimate of drug-likeness (QED) is 0.221. The molecule has 1 aromatic carbocycles. The molecule has 3 aromatic rings. The van der Waals surface area contributed by atoms with Crippen molar-refractivity contribution in [3.05, 3.63) is 41.5 Å². The monoisotopic (exact) mass is 635 g/mol. The molecule has 4 heterocycles. The zero-order chi connectivity index (χ0) is 31.4. The van der Waals surface area contributed by atoms with Crippen molar-refractivity contribution < 1.29 is 27.1 Å². The average Bonchev–Trinajstić information content (AvgIpc) is 3.39. The van der Waals surface area contributed by atoms with Gasteiger partial charge in [-0.05, 0) is 50.8 Å². The van der Waals surface area contributed by atoms with E-state index in [9.17, 15) is 22.4 Å². The third-order valence-corrected chi connectivity index (χ3v) is 8.90. The van der Waals surface area contributed by atoms with Crippen LogP contribution in [0.25, 0.3) is 11.3 Å². The van der Waals surface area contributed by atoms with Crippen LogP contribution < -0.4 is 15.1 Å². The van der Waals surface area contributed by atoms with Crippen molar-refractivity contribution in [1.82, 2.24) is 19.9 Å². The summed E-state index contributed by atoms with van der Waals surface area (Å²) in [5.74, 6) is 1.19. The lowest BCUT2D eigenvalue weighted by Crippen LogP contribution is -2.47. The maximum atomic E-state index is 14.4. The first-order valence-electron chi connectivity index (χ1n) is 14.9. The molecular formula is C30H37F4N7O2S. The molecule has 9 nitrogen and oxygen atoms in total. The summed E-state index contributed by atoms with van der Waals surface area (Å²) in [4.78, 5) is 32.0. The first-order valence-corrected chi connectivity index (χ1v) is 15.7. The summed E-state index contributed by atoms with van der Waals surface area (Å²) in [5, 5.41) is 4.38. The number of piperazine rings is 1. The summed E-state index contributed by atoms with van der Waals surface area (Å²) in [7, 11) is 0. The molecule has 2 aliphatic rings. The van der Waals surface area contributed by atoms with Crippen molar-refractivity contribution in [3.63, 3.8) is 0 Å². The Bertz CT molecular complexity index is 1450. The molecule has 1 N–H and O–H groups in total. The molecule has 0 spiro atoms. The minimum absolute atomic E-state index is 0.0793. The smallest absolute Gasteiger partial charge is 0.416 e. The van der Waals surface area contributed by atoms with Gasteiger partial charge in [-0.2, -0.15) is 13.2 Å². The van der Waals surface area contributed by atoms with Crippen molar-refractivity contribution >= 4 is 39.1 Å². The Morgan fingerprint density at radius 1 is 1.02 bits per heavy atom. The first kappa shape index (κ1) is 31.9. The number of hydrogen-bond donors (Lipinski definition) is 1. The molecule has 0 aliphatic carbocycles. The predicted molar refractivity (Wildman–Crippen MR) is 163 cm³/mol. The summed E-state index contributed by atoms with van der Waals surface area (Å²) in [6.45, 7) is 11.2. The van der Waals surface area contributed by atoms with Crippen molar-refractivity contribution in [3.8, 4) is 11.3 Å². The summed E-state index contributed by atoms with van der Waals surface area (Å²) < 4.78 is 60.1. The Morgan fingerprint density at radius 2 is 1.75 bits per heavy atom. The number of nitrogens with one attached hydrogen (secondary N) is 1. The Labute approximate surface area is 258 Å². The molecule has 2 saturated heterocycles. The second-order valence-electron chi connectivity index (χ2n) is 11.2. The van der Waals surface area contributed by atoms with Crippen molar-refractivity contribution in [2.75, 3.05) is 67.5 Å². The molecule has 2 aromatic heterocycles. The highest BCUT2D eigenvalue weighted by Gasteiger charge is 2.33. The molecule has 14 heteroatoms. The van der Waals surface area contributed by atoms with Crippen LogP contribution in [0, 0.1) is 18.7 Å². The molecule has 0 saturated carbocycles. The van der Waals surface area contributed by atoms with E-state index in [0.29, 0.717) is 59.0 Å². The number of anilines is 4. The topological polar surface area (TPSA) is 86.7 Å². The van der Waals surface area contributed by atoms with E-state index < -0.39 is 17.6 Å². The Kier molecular flexibility index (Phi) is 9.88. The second-order valence-corrected chi connectivity index (χ2v) is 12.2. The van der Waals surface area contributed by atoms with Gasteiger partial charge >= 0.3 is 12.1 Å². The van der Waals surface area contributed by atoms with Crippen LogP contribution in [-0.4, -0.2) is 78.2 Å². The van der Waals surface area contributed by atoms with Crippen LogP contribution in [0.1, 0.15) is 44.5 Å². The number of alkyl halides is 3. The van der Waals surface area contributed by atoms with Crippen molar-refractivity contribution in [2.24, 2.45) is 5.92 Å². The van der Waals surface area contributed by atoms with Gasteiger partial charge in [0, 0.05) is 57.4 Å². The molecule has 0 atom stereocenters. The summed E-state index contributed by atoms with van der Waals surface area (Å²) >= 11 is 1.32. The third kappa shape index (κ3) is 7.95. The third-order valence-electron chi connectivity index (χ3n) is 7.87. The number of carbonyl (C=O) groups is 1. The van der Waals surface area contributed by atoms with E-state index in [1.807, 2.05) is 6.07 Å². The van der Waals surface area contributed by atoms with Crippen LogP contribution in [0.2, 0.25) is 0 Å². The van der Waals surface area contributed by atoms with E-state index in [1.54, 1.807) is 13.8 Å². The van der Waals surface area contributed by atoms with Gasteiger partial charge in [0.2, 0.25) is 0 Å². The highest BCUT2D eigenvalue weighted by atomic mass is 32.1. The van der Waals surface area contributed by atoms with Crippen LogP contribution in [0.15, 0.2) is 24.3 Å². The van der Waals surface area contributed by atoms with E-state index in [1.165, 1.54) is 11.3 Å². The van der Waals surface area contributed by atoms with Crippen LogP contribution in [0.3, 0.4) is 0 Å². The first-order chi connectivity index (χ1) is 21.0. The van der Waals surface area contributed by atoms with E-state index in [0.717, 1.165) is 70.1 Å². The number of rotatable bonds is 9. The minimum Gasteiger partial charge on any atom is -0.466 e. The molecule has 5 rings (SSSR count). The average molecular weight is 636 g/mol. The summed E-state index contributed by atoms with van der Waals surface area (Å²) in [5.41, 5.74) is -0.664. The van der Waals surface area contributed by atoms with E-state index in [2.05, 4.69) is 41.9 Å². The normalized spacial score (nSPS) is 16.8. The van der Waals surface area contributed by atoms with Gasteiger partial charge in [0.15, 0.2) is 5.13 Å². The fourth-order valence-corrected chi connectivity index (χ4v) is 6.49. The van der Waals surface area contributed by atoms with Gasteiger partial charge in [0.25, 0.3) is 0 Å². The number of esters is 1. The fourth-order valence-electron chi connectivity index (χ4n) is 5.44. The Balaban J connectivity index is 1.36. The van der Waals surface area contributed by atoms with Crippen LogP contribution in [0.4, 0.5) is 39.3 Å². The number of thiazole rings is 1.